The minimum atomic E-state index is -0.993. The fourth-order valence-corrected chi connectivity index (χ4v) is 4.22. The van der Waals surface area contributed by atoms with Crippen molar-refractivity contribution in [3.63, 3.8) is 0 Å². The van der Waals surface area contributed by atoms with Crippen LogP contribution >= 0.6 is 0 Å². The second kappa shape index (κ2) is 11.0. The molecule has 184 valence electrons. The molecule has 1 aromatic rings. The van der Waals surface area contributed by atoms with Gasteiger partial charge < -0.3 is 28.6 Å². The van der Waals surface area contributed by atoms with Crippen LogP contribution in [0.4, 0.5) is 4.79 Å². The number of nitrogens with zero attached hydrogens (tertiary/aromatic N) is 1. The summed E-state index contributed by atoms with van der Waals surface area (Å²) in [4.78, 5) is 39.5. The van der Waals surface area contributed by atoms with E-state index >= 15 is 0 Å². The fourth-order valence-electron chi connectivity index (χ4n) is 4.22. The molecule has 0 fully saturated rings. The van der Waals surface area contributed by atoms with Crippen LogP contribution in [0.1, 0.15) is 64.5 Å². The Bertz CT molecular complexity index is 874. The van der Waals surface area contributed by atoms with Gasteiger partial charge in [0.2, 0.25) is 0 Å². The van der Waals surface area contributed by atoms with Gasteiger partial charge in [-0.3, -0.25) is 4.79 Å². The molecular weight excluding hydrogens is 426 g/mol. The minimum Gasteiger partial charge on any atom is -0.493 e. The molecule has 0 spiro atoms. The first-order valence-corrected chi connectivity index (χ1v) is 11.2. The van der Waals surface area contributed by atoms with Gasteiger partial charge >= 0.3 is 6.09 Å². The number of benzene rings is 1. The lowest BCUT2D eigenvalue weighted by molar-refractivity contribution is -0.126. The number of carbonyl (C=O) groups excluding carboxylic acids is 3. The van der Waals surface area contributed by atoms with Gasteiger partial charge in [0, 0.05) is 39.1 Å². The molecule has 0 saturated carbocycles. The first-order valence-electron chi connectivity index (χ1n) is 11.2. The predicted octanol–water partition coefficient (Wildman–Crippen LogP) is 4.06. The smallest absolute Gasteiger partial charge is 0.410 e. The molecule has 0 aromatic heterocycles. The molecule has 0 aliphatic heterocycles. The molecule has 1 aliphatic rings. The summed E-state index contributed by atoms with van der Waals surface area (Å²) in [5.74, 6) is 0.975. The molecule has 1 amide bonds. The number of methoxy groups -OCH3 is 2. The number of amides is 1. The van der Waals surface area contributed by atoms with E-state index in [2.05, 4.69) is 0 Å². The molecule has 1 atom stereocenters. The molecule has 8 nitrogen and oxygen atoms in total. The van der Waals surface area contributed by atoms with Gasteiger partial charge in [0.05, 0.1) is 12.5 Å². The average Bonchev–Trinajstić information content (AvgIpc) is 2.74. The van der Waals surface area contributed by atoms with Crippen LogP contribution < -0.4 is 9.47 Å². The predicted molar refractivity (Wildman–Crippen MR) is 124 cm³/mol. The Labute approximate surface area is 196 Å². The summed E-state index contributed by atoms with van der Waals surface area (Å²) >= 11 is 0. The third-order valence-electron chi connectivity index (χ3n) is 5.87. The highest BCUT2D eigenvalue weighted by Crippen LogP contribution is 2.49. The zero-order chi connectivity index (χ0) is 24.8. The quantitative estimate of drug-likeness (QED) is 0.483. The zero-order valence-corrected chi connectivity index (χ0v) is 20.9. The molecule has 33 heavy (non-hydrogen) atoms. The minimum absolute atomic E-state index is 0.00273. The molecular formula is C25H37NO7. The maximum absolute atomic E-state index is 13.6. The van der Waals surface area contributed by atoms with Crippen LogP contribution in [-0.2, 0) is 30.9 Å². The van der Waals surface area contributed by atoms with Crippen molar-refractivity contribution >= 4 is 17.7 Å². The SMILES string of the molecule is COCOc1c(OC)ccc2c1[C@@](CCC(C)=O)(CCN(C)C(=O)OC(C)(C)C)C(=O)CC2. The van der Waals surface area contributed by atoms with Crippen molar-refractivity contribution in [1.29, 1.82) is 0 Å². The molecule has 0 saturated heterocycles. The molecule has 0 unspecified atom stereocenters. The van der Waals surface area contributed by atoms with Crippen LogP contribution in [0.3, 0.4) is 0 Å². The number of rotatable bonds is 10. The Hall–Kier alpha value is -2.61. The third kappa shape index (κ3) is 6.47. The summed E-state index contributed by atoms with van der Waals surface area (Å²) in [6.07, 6.45) is 1.37. The number of carbonyl (C=O) groups is 3. The van der Waals surface area contributed by atoms with Crippen molar-refractivity contribution in [2.45, 2.75) is 70.8 Å². The lowest BCUT2D eigenvalue weighted by Crippen LogP contribution is -2.44. The Morgan fingerprint density at radius 2 is 1.82 bits per heavy atom. The van der Waals surface area contributed by atoms with Gasteiger partial charge in [-0.05, 0) is 58.6 Å². The van der Waals surface area contributed by atoms with Crippen molar-refractivity contribution < 1.29 is 33.3 Å². The van der Waals surface area contributed by atoms with Crippen LogP contribution in [-0.4, -0.2) is 62.8 Å². The van der Waals surface area contributed by atoms with Crippen molar-refractivity contribution in [2.75, 3.05) is 34.6 Å². The van der Waals surface area contributed by atoms with Crippen LogP contribution in [0.5, 0.6) is 11.5 Å². The van der Waals surface area contributed by atoms with E-state index in [0.29, 0.717) is 37.2 Å². The number of hydrogen-bond acceptors (Lipinski definition) is 7. The Morgan fingerprint density at radius 1 is 1.12 bits per heavy atom. The van der Waals surface area contributed by atoms with E-state index in [1.807, 2.05) is 12.1 Å². The van der Waals surface area contributed by atoms with E-state index < -0.39 is 17.1 Å². The highest BCUT2D eigenvalue weighted by Gasteiger charge is 2.46. The summed E-state index contributed by atoms with van der Waals surface area (Å²) in [6, 6.07) is 3.77. The van der Waals surface area contributed by atoms with Crippen LogP contribution in [0, 0.1) is 0 Å². The molecule has 0 N–H and O–H groups in total. The van der Waals surface area contributed by atoms with E-state index in [1.54, 1.807) is 34.9 Å². The highest BCUT2D eigenvalue weighted by atomic mass is 16.7. The van der Waals surface area contributed by atoms with E-state index in [9.17, 15) is 14.4 Å². The zero-order valence-electron chi connectivity index (χ0n) is 20.9. The molecule has 0 heterocycles. The number of aryl methyl sites for hydroxylation is 1. The number of hydrogen-bond donors (Lipinski definition) is 0. The number of Topliss-reactive ketones (excluding diaryl/α,β-unsaturated/α-hetero) is 2. The van der Waals surface area contributed by atoms with Crippen molar-refractivity contribution in [1.82, 2.24) is 4.90 Å². The number of ketones is 2. The monoisotopic (exact) mass is 463 g/mol. The first kappa shape index (κ1) is 26.6. The van der Waals surface area contributed by atoms with Crippen LogP contribution in [0.25, 0.3) is 0 Å². The van der Waals surface area contributed by atoms with E-state index in [-0.39, 0.29) is 31.3 Å². The van der Waals surface area contributed by atoms with Gasteiger partial charge in [-0.2, -0.15) is 0 Å². The van der Waals surface area contributed by atoms with Gasteiger partial charge in [-0.15, -0.1) is 0 Å². The Morgan fingerprint density at radius 3 is 2.39 bits per heavy atom. The lowest BCUT2D eigenvalue weighted by atomic mass is 9.64. The summed E-state index contributed by atoms with van der Waals surface area (Å²) in [5.41, 5.74) is 0.0889. The molecule has 8 heteroatoms. The second-order valence-corrected chi connectivity index (χ2v) is 9.54. The largest absolute Gasteiger partial charge is 0.493 e. The van der Waals surface area contributed by atoms with Crippen LogP contribution in [0.2, 0.25) is 0 Å². The van der Waals surface area contributed by atoms with Crippen molar-refractivity contribution in [3.05, 3.63) is 23.3 Å². The van der Waals surface area contributed by atoms with E-state index in [4.69, 9.17) is 18.9 Å². The maximum atomic E-state index is 13.6. The van der Waals surface area contributed by atoms with Gasteiger partial charge in [-0.25, -0.2) is 4.79 Å². The normalized spacial score (nSPS) is 17.8. The molecule has 2 rings (SSSR count). The highest BCUT2D eigenvalue weighted by molar-refractivity contribution is 5.94. The van der Waals surface area contributed by atoms with Gasteiger partial charge in [0.25, 0.3) is 0 Å². The van der Waals surface area contributed by atoms with Crippen molar-refractivity contribution in [3.8, 4) is 11.5 Å². The second-order valence-electron chi connectivity index (χ2n) is 9.54. The lowest BCUT2D eigenvalue weighted by Gasteiger charge is -2.40. The summed E-state index contributed by atoms with van der Waals surface area (Å²) in [6.45, 7) is 7.20. The third-order valence-corrected chi connectivity index (χ3v) is 5.87. The fraction of sp³-hybridized carbons (Fsp3) is 0.640. The number of fused-ring (bicyclic) bond motifs is 1. The van der Waals surface area contributed by atoms with E-state index in [0.717, 1.165) is 11.1 Å². The Kier molecular flexibility index (Phi) is 8.89. The average molecular weight is 464 g/mol. The first-order chi connectivity index (χ1) is 15.4. The van der Waals surface area contributed by atoms with Crippen molar-refractivity contribution in [2.24, 2.45) is 0 Å². The van der Waals surface area contributed by atoms with E-state index in [1.165, 1.54) is 18.9 Å². The maximum Gasteiger partial charge on any atom is 0.410 e. The molecule has 1 aromatic carbocycles. The van der Waals surface area contributed by atoms with Gasteiger partial charge in [-0.1, -0.05) is 6.07 Å². The summed E-state index contributed by atoms with van der Waals surface area (Å²) in [7, 11) is 4.71. The van der Waals surface area contributed by atoms with Gasteiger partial charge in [0.1, 0.15) is 17.2 Å². The standard InChI is InChI=1S/C25H37NO7/c1-17(27)12-13-25(14-15-26(5)23(29)33-24(2,3)4)20(28)11-9-18-8-10-19(31-7)22(21(18)25)32-16-30-6/h8,10H,9,11-16H2,1-7H3/t25-/m0/s1. The van der Waals surface area contributed by atoms with Gasteiger partial charge in [0.15, 0.2) is 18.3 Å². The molecule has 0 radical (unpaired) electrons. The summed E-state index contributed by atoms with van der Waals surface area (Å²) < 4.78 is 22.0. The topological polar surface area (TPSA) is 91.4 Å². The summed E-state index contributed by atoms with van der Waals surface area (Å²) in [5, 5.41) is 0. The molecule has 1 aliphatic carbocycles. The van der Waals surface area contributed by atoms with Crippen LogP contribution in [0.15, 0.2) is 12.1 Å². The number of ether oxygens (including phenoxy) is 4. The molecule has 0 bridgehead atoms. The Balaban J connectivity index is 2.53.